The topological polar surface area (TPSA) is 65.6 Å². The first-order chi connectivity index (χ1) is 9.69. The van der Waals surface area contributed by atoms with Crippen molar-refractivity contribution in [2.75, 3.05) is 7.11 Å². The van der Waals surface area contributed by atoms with E-state index in [1.165, 1.54) is 0 Å². The lowest BCUT2D eigenvalue weighted by atomic mass is 9.97. The van der Waals surface area contributed by atoms with E-state index in [-0.39, 0.29) is 10.7 Å². The highest BCUT2D eigenvalue weighted by Crippen LogP contribution is 2.26. The van der Waals surface area contributed by atoms with E-state index in [2.05, 4.69) is 11.2 Å². The molecule has 0 spiro atoms. The van der Waals surface area contributed by atoms with Gasteiger partial charge in [-0.15, -0.1) is 0 Å². The summed E-state index contributed by atoms with van der Waals surface area (Å²) in [5.74, 6) is 0.721. The van der Waals surface area contributed by atoms with Crippen molar-refractivity contribution in [2.24, 2.45) is 5.16 Å². The van der Waals surface area contributed by atoms with E-state index in [4.69, 9.17) is 21.5 Å². The molecule has 2 rings (SSSR count). The minimum atomic E-state index is 0.266. The van der Waals surface area contributed by atoms with Crippen LogP contribution in [0.1, 0.15) is 5.56 Å². The Labute approximate surface area is 121 Å². The molecule has 0 saturated carbocycles. The second-order valence-electron chi connectivity index (χ2n) is 3.98. The van der Waals surface area contributed by atoms with Crippen molar-refractivity contribution in [3.63, 3.8) is 0 Å². The Balaban J connectivity index is 2.47. The molecule has 1 N–H and O–H groups in total. The van der Waals surface area contributed by atoms with Crippen LogP contribution in [0.5, 0.6) is 5.75 Å². The molecule has 1 aliphatic carbocycles. The van der Waals surface area contributed by atoms with Crippen LogP contribution in [0.2, 0.25) is 0 Å². The van der Waals surface area contributed by atoms with Crippen LogP contribution in [0.15, 0.2) is 58.3 Å². The molecule has 0 bridgehead atoms. The van der Waals surface area contributed by atoms with Gasteiger partial charge in [0.2, 0.25) is 0 Å². The number of hydrogen-bond donors (Lipinski definition) is 1. The maximum atomic E-state index is 9.34. The average molecular weight is 287 g/mol. The largest absolute Gasteiger partial charge is 0.497 e. The molecule has 0 aromatic heterocycles. The summed E-state index contributed by atoms with van der Waals surface area (Å²) in [6.45, 7) is 0. The van der Waals surface area contributed by atoms with Crippen LogP contribution in [0.4, 0.5) is 0 Å². The van der Waals surface area contributed by atoms with E-state index in [9.17, 15) is 5.26 Å². The maximum Gasteiger partial charge on any atom is 0.121 e. The first-order valence-corrected chi connectivity index (χ1v) is 6.14. The van der Waals surface area contributed by atoms with Gasteiger partial charge in [-0.2, -0.15) is 5.26 Å². The summed E-state index contributed by atoms with van der Waals surface area (Å²) in [6.07, 6.45) is 4.83. The molecule has 20 heavy (non-hydrogen) atoms. The van der Waals surface area contributed by atoms with Crippen LogP contribution >= 0.6 is 11.6 Å². The van der Waals surface area contributed by atoms with E-state index >= 15 is 0 Å². The molecule has 1 aromatic rings. The van der Waals surface area contributed by atoms with E-state index in [1.54, 1.807) is 49.6 Å². The van der Waals surface area contributed by atoms with E-state index in [0.29, 0.717) is 11.1 Å². The third kappa shape index (κ3) is 2.73. The van der Waals surface area contributed by atoms with Crippen molar-refractivity contribution in [2.45, 2.75) is 0 Å². The molecule has 1 aliphatic rings. The Morgan fingerprint density at radius 3 is 2.50 bits per heavy atom. The van der Waals surface area contributed by atoms with Gasteiger partial charge in [0.15, 0.2) is 0 Å². The zero-order valence-electron chi connectivity index (χ0n) is 10.7. The minimum absolute atomic E-state index is 0.266. The van der Waals surface area contributed by atoms with E-state index in [1.807, 2.05) is 0 Å². The highest BCUT2D eigenvalue weighted by Gasteiger charge is 2.12. The van der Waals surface area contributed by atoms with Crippen LogP contribution in [0.25, 0.3) is 5.57 Å². The molecule has 1 aromatic carbocycles. The Bertz CT molecular complexity index is 677. The first-order valence-electron chi connectivity index (χ1n) is 5.76. The molecule has 0 fully saturated rings. The smallest absolute Gasteiger partial charge is 0.121 e. The number of allylic oxidation sites excluding steroid dienone is 6. The molecule has 0 radical (unpaired) electrons. The van der Waals surface area contributed by atoms with Crippen molar-refractivity contribution in [1.82, 2.24) is 0 Å². The van der Waals surface area contributed by atoms with Gasteiger partial charge < -0.3 is 9.94 Å². The fraction of sp³-hybridized carbons (Fsp3) is 0.0667. The van der Waals surface area contributed by atoms with Crippen molar-refractivity contribution in [3.8, 4) is 11.8 Å². The highest BCUT2D eigenvalue weighted by molar-refractivity contribution is 6.46. The van der Waals surface area contributed by atoms with Crippen LogP contribution < -0.4 is 4.74 Å². The number of halogens is 1. The summed E-state index contributed by atoms with van der Waals surface area (Å²) >= 11 is 5.97. The third-order valence-electron chi connectivity index (χ3n) is 2.83. The van der Waals surface area contributed by atoms with Gasteiger partial charge in [0.05, 0.1) is 17.7 Å². The number of benzene rings is 1. The first kappa shape index (κ1) is 13.9. The van der Waals surface area contributed by atoms with Gasteiger partial charge in [-0.1, -0.05) is 22.8 Å². The number of nitriles is 1. The summed E-state index contributed by atoms with van der Waals surface area (Å²) in [5, 5.41) is 21.4. The number of ether oxygens (including phenoxy) is 1. The molecule has 4 nitrogen and oxygen atoms in total. The predicted molar refractivity (Wildman–Crippen MR) is 77.8 cm³/mol. The van der Waals surface area contributed by atoms with Crippen molar-refractivity contribution >= 4 is 22.9 Å². The van der Waals surface area contributed by atoms with Gasteiger partial charge in [0.1, 0.15) is 17.5 Å². The van der Waals surface area contributed by atoms with Gasteiger partial charge >= 0.3 is 0 Å². The number of methoxy groups -OCH3 is 1. The van der Waals surface area contributed by atoms with E-state index in [0.717, 1.165) is 11.3 Å². The lowest BCUT2D eigenvalue weighted by molar-refractivity contribution is 0.320. The van der Waals surface area contributed by atoms with Crippen LogP contribution in [0, 0.1) is 11.3 Å². The van der Waals surface area contributed by atoms with Gasteiger partial charge in [0, 0.05) is 0 Å². The molecule has 0 saturated heterocycles. The van der Waals surface area contributed by atoms with Crippen molar-refractivity contribution in [3.05, 3.63) is 58.7 Å². The molecule has 0 amide bonds. The standard InChI is InChI=1S/C15H11ClN2O2/c1-20-12-5-2-10(3-6-12)13(9-17)11-4-7-15(18-19)14(16)8-11/h2-8,19H,1H3/b13-11+,18-15+. The second-order valence-corrected chi connectivity index (χ2v) is 4.39. The summed E-state index contributed by atoms with van der Waals surface area (Å²) < 4.78 is 5.08. The summed E-state index contributed by atoms with van der Waals surface area (Å²) in [6, 6.07) is 9.33. The quantitative estimate of drug-likeness (QED) is 0.514. The highest BCUT2D eigenvalue weighted by atomic mass is 35.5. The lowest BCUT2D eigenvalue weighted by Gasteiger charge is -2.09. The number of oxime groups is 1. The maximum absolute atomic E-state index is 9.34. The summed E-state index contributed by atoms with van der Waals surface area (Å²) in [7, 11) is 1.58. The summed E-state index contributed by atoms with van der Waals surface area (Å²) in [4.78, 5) is 0. The molecule has 0 aliphatic heterocycles. The normalized spacial score (nSPS) is 18.4. The molecule has 0 heterocycles. The van der Waals surface area contributed by atoms with Gasteiger partial charge in [-0.25, -0.2) is 0 Å². The second kappa shape index (κ2) is 6.09. The zero-order chi connectivity index (χ0) is 14.5. The Morgan fingerprint density at radius 2 is 2.00 bits per heavy atom. The number of hydrogen-bond acceptors (Lipinski definition) is 4. The molecular formula is C15H11ClN2O2. The molecule has 0 unspecified atom stereocenters. The molecule has 0 atom stereocenters. The fourth-order valence-corrected chi connectivity index (χ4v) is 2.02. The third-order valence-corrected chi connectivity index (χ3v) is 3.14. The van der Waals surface area contributed by atoms with Crippen LogP contribution in [-0.2, 0) is 0 Å². The zero-order valence-corrected chi connectivity index (χ0v) is 11.4. The monoisotopic (exact) mass is 286 g/mol. The van der Waals surface area contributed by atoms with Crippen molar-refractivity contribution < 1.29 is 9.94 Å². The Morgan fingerprint density at radius 1 is 1.30 bits per heavy atom. The van der Waals surface area contributed by atoms with Gasteiger partial charge in [-0.3, -0.25) is 0 Å². The number of rotatable bonds is 2. The fourth-order valence-electron chi connectivity index (χ4n) is 1.80. The molecule has 100 valence electrons. The SMILES string of the molecule is COc1ccc(/C(C#N)=C2C=C/C(=N\O)C(Cl)=C\2)cc1. The summed E-state index contributed by atoms with van der Waals surface area (Å²) in [5.41, 5.74) is 2.18. The van der Waals surface area contributed by atoms with Gasteiger partial charge in [0.25, 0.3) is 0 Å². The predicted octanol–water partition coefficient (Wildman–Crippen LogP) is 3.50. The van der Waals surface area contributed by atoms with E-state index < -0.39 is 0 Å². The Hall–Kier alpha value is -2.51. The van der Waals surface area contributed by atoms with Crippen molar-refractivity contribution in [1.29, 1.82) is 5.26 Å². The van der Waals surface area contributed by atoms with Crippen LogP contribution in [0.3, 0.4) is 0 Å². The van der Waals surface area contributed by atoms with Crippen LogP contribution in [-0.4, -0.2) is 18.0 Å². The number of nitrogens with zero attached hydrogens (tertiary/aromatic N) is 2. The molecular weight excluding hydrogens is 276 g/mol. The minimum Gasteiger partial charge on any atom is -0.497 e. The lowest BCUT2D eigenvalue weighted by Crippen LogP contribution is -2.00. The average Bonchev–Trinajstić information content (AvgIpc) is 2.49. The Kier molecular flexibility index (Phi) is 4.24. The molecule has 5 heteroatoms. The van der Waals surface area contributed by atoms with Gasteiger partial charge in [-0.05, 0) is 47.6 Å².